The molecule has 0 aliphatic carbocycles. The van der Waals surface area contributed by atoms with Crippen LogP contribution in [-0.4, -0.2) is 30.2 Å². The Morgan fingerprint density at radius 3 is 2.69 bits per heavy atom. The van der Waals surface area contributed by atoms with E-state index in [1.165, 1.54) is 9.13 Å². The molecular weight excluding hydrogens is 394 g/mol. The molecule has 29 heavy (non-hydrogen) atoms. The quantitative estimate of drug-likeness (QED) is 0.482. The van der Waals surface area contributed by atoms with Crippen LogP contribution in [0.4, 0.5) is 0 Å². The fourth-order valence-corrected chi connectivity index (χ4v) is 3.74. The first-order chi connectivity index (χ1) is 13.8. The Morgan fingerprint density at radius 2 is 2.03 bits per heavy atom. The lowest BCUT2D eigenvalue weighted by molar-refractivity contribution is 0.413. The van der Waals surface area contributed by atoms with Gasteiger partial charge in [0.15, 0.2) is 11.2 Å². The molecule has 4 aromatic rings. The fourth-order valence-electron chi connectivity index (χ4n) is 3.58. The van der Waals surface area contributed by atoms with Gasteiger partial charge in [0.25, 0.3) is 5.56 Å². The van der Waals surface area contributed by atoms with Crippen LogP contribution in [0.3, 0.4) is 0 Å². The molecule has 0 radical (unpaired) electrons. The summed E-state index contributed by atoms with van der Waals surface area (Å²) in [7, 11) is 3.17. The summed E-state index contributed by atoms with van der Waals surface area (Å²) >= 11 is 6.21. The molecule has 0 N–H and O–H groups in total. The van der Waals surface area contributed by atoms with E-state index in [4.69, 9.17) is 16.3 Å². The van der Waals surface area contributed by atoms with Crippen LogP contribution < -0.4 is 16.0 Å². The van der Waals surface area contributed by atoms with Crippen LogP contribution in [-0.2, 0) is 7.05 Å². The second kappa shape index (κ2) is 6.66. The van der Waals surface area contributed by atoms with E-state index in [1.54, 1.807) is 56.0 Å². The first-order valence-corrected chi connectivity index (χ1v) is 9.36. The summed E-state index contributed by atoms with van der Waals surface area (Å²) < 4.78 is 11.6. The van der Waals surface area contributed by atoms with Crippen LogP contribution in [0.2, 0.25) is 5.02 Å². The summed E-state index contributed by atoms with van der Waals surface area (Å²) in [4.78, 5) is 30.6. The topological polar surface area (TPSA) is 75.5 Å². The number of fused-ring (bicyclic) bond motifs is 3. The molecule has 4 rings (SSSR count). The monoisotopic (exact) mass is 413 g/mol. The number of rotatable bonds is 4. The second-order valence-electron chi connectivity index (χ2n) is 6.87. The highest BCUT2D eigenvalue weighted by Gasteiger charge is 2.23. The van der Waals surface area contributed by atoms with Crippen molar-refractivity contribution in [3.8, 4) is 11.4 Å². The molecule has 0 bridgehead atoms. The molecule has 0 saturated heterocycles. The van der Waals surface area contributed by atoms with Gasteiger partial charge in [0.1, 0.15) is 5.75 Å². The summed E-state index contributed by atoms with van der Waals surface area (Å²) in [6, 6.07) is 4.82. The van der Waals surface area contributed by atoms with Crippen molar-refractivity contribution in [2.24, 2.45) is 7.05 Å². The Bertz CT molecular complexity index is 1410. The zero-order valence-corrected chi connectivity index (χ0v) is 17.3. The summed E-state index contributed by atoms with van der Waals surface area (Å²) in [5, 5.41) is 0.540. The van der Waals surface area contributed by atoms with E-state index in [0.29, 0.717) is 33.4 Å². The maximum atomic E-state index is 13.2. The van der Waals surface area contributed by atoms with E-state index in [0.717, 1.165) is 5.69 Å². The van der Waals surface area contributed by atoms with Crippen molar-refractivity contribution in [2.45, 2.75) is 19.9 Å². The third kappa shape index (κ3) is 2.63. The van der Waals surface area contributed by atoms with E-state index in [1.807, 2.05) is 11.5 Å². The molecule has 3 heterocycles. The van der Waals surface area contributed by atoms with Crippen molar-refractivity contribution in [1.29, 1.82) is 0 Å². The molecule has 0 unspecified atom stereocenters. The minimum atomic E-state index is -0.452. The SMILES string of the molecule is C=C[C@H](C)n1c(=O)c2c(nc3n(-c4cc(Cl)ccc4OC)c(C)cn23)n(C)c1=O. The molecule has 0 aliphatic rings. The molecule has 0 spiro atoms. The van der Waals surface area contributed by atoms with Crippen LogP contribution in [0.25, 0.3) is 22.6 Å². The Labute approximate surface area is 170 Å². The van der Waals surface area contributed by atoms with Crippen molar-refractivity contribution in [3.05, 3.63) is 68.6 Å². The third-order valence-corrected chi connectivity index (χ3v) is 5.34. The smallest absolute Gasteiger partial charge is 0.333 e. The van der Waals surface area contributed by atoms with E-state index in [-0.39, 0.29) is 0 Å². The highest BCUT2D eigenvalue weighted by Crippen LogP contribution is 2.30. The van der Waals surface area contributed by atoms with Gasteiger partial charge in [0.05, 0.1) is 18.8 Å². The van der Waals surface area contributed by atoms with Gasteiger partial charge in [-0.3, -0.25) is 22.9 Å². The standard InChI is InChI=1S/C20H20ClN5O3/c1-6-11(2)26-18(27)16-17(23(4)20(26)28)22-19-24(16)10-12(3)25(19)14-9-13(21)7-8-15(14)29-5/h6-11H,1H2,2-5H3/t11-/m0/s1. The third-order valence-electron chi connectivity index (χ3n) is 5.10. The van der Waals surface area contributed by atoms with Crippen LogP contribution in [0.15, 0.2) is 46.6 Å². The second-order valence-corrected chi connectivity index (χ2v) is 7.31. The highest BCUT2D eigenvalue weighted by atomic mass is 35.5. The maximum absolute atomic E-state index is 13.2. The first kappa shape index (κ1) is 19.1. The zero-order chi connectivity index (χ0) is 21.0. The molecule has 9 heteroatoms. The van der Waals surface area contributed by atoms with Gasteiger partial charge in [0, 0.05) is 24.0 Å². The molecule has 150 valence electrons. The number of halogens is 1. The Hall–Kier alpha value is -3.26. The molecule has 0 fully saturated rings. The number of aromatic nitrogens is 5. The van der Waals surface area contributed by atoms with Gasteiger partial charge in [-0.1, -0.05) is 17.7 Å². The number of aryl methyl sites for hydroxylation is 2. The van der Waals surface area contributed by atoms with Crippen LogP contribution in [0.5, 0.6) is 5.75 Å². The number of hydrogen-bond acceptors (Lipinski definition) is 4. The van der Waals surface area contributed by atoms with Crippen molar-refractivity contribution in [3.63, 3.8) is 0 Å². The predicted octanol–water partition coefficient (Wildman–Crippen LogP) is 2.86. The molecule has 8 nitrogen and oxygen atoms in total. The van der Waals surface area contributed by atoms with Gasteiger partial charge < -0.3 is 4.74 Å². The molecular formula is C20H20ClN5O3. The molecule has 0 aliphatic heterocycles. The lowest BCUT2D eigenvalue weighted by atomic mass is 10.3. The van der Waals surface area contributed by atoms with Crippen molar-refractivity contribution < 1.29 is 4.74 Å². The van der Waals surface area contributed by atoms with E-state index in [2.05, 4.69) is 11.6 Å². The minimum Gasteiger partial charge on any atom is -0.495 e. The van der Waals surface area contributed by atoms with Crippen LogP contribution >= 0.6 is 11.6 Å². The largest absolute Gasteiger partial charge is 0.495 e. The number of methoxy groups -OCH3 is 1. The number of ether oxygens (including phenoxy) is 1. The molecule has 0 amide bonds. The normalized spacial score (nSPS) is 12.6. The summed E-state index contributed by atoms with van der Waals surface area (Å²) in [5.41, 5.74) is 1.27. The maximum Gasteiger partial charge on any atom is 0.333 e. The number of benzene rings is 1. The number of nitrogens with zero attached hydrogens (tertiary/aromatic N) is 5. The highest BCUT2D eigenvalue weighted by molar-refractivity contribution is 6.30. The molecule has 0 saturated carbocycles. The van der Waals surface area contributed by atoms with Crippen molar-refractivity contribution >= 4 is 28.5 Å². The van der Waals surface area contributed by atoms with Gasteiger partial charge in [0.2, 0.25) is 5.78 Å². The number of imidazole rings is 2. The lowest BCUT2D eigenvalue weighted by Crippen LogP contribution is -2.40. The summed E-state index contributed by atoms with van der Waals surface area (Å²) in [6.07, 6.45) is 3.36. The summed E-state index contributed by atoms with van der Waals surface area (Å²) in [6.45, 7) is 7.34. The first-order valence-electron chi connectivity index (χ1n) is 8.98. The van der Waals surface area contributed by atoms with Gasteiger partial charge in [-0.15, -0.1) is 6.58 Å². The Morgan fingerprint density at radius 1 is 1.31 bits per heavy atom. The average Bonchev–Trinajstić information content (AvgIpc) is 3.20. The van der Waals surface area contributed by atoms with E-state index < -0.39 is 17.3 Å². The summed E-state index contributed by atoms with van der Waals surface area (Å²) in [5.74, 6) is 1.09. The van der Waals surface area contributed by atoms with Crippen LogP contribution in [0, 0.1) is 6.92 Å². The van der Waals surface area contributed by atoms with Gasteiger partial charge in [-0.25, -0.2) is 4.79 Å². The number of hydrogen-bond donors (Lipinski definition) is 0. The van der Waals surface area contributed by atoms with Gasteiger partial charge >= 0.3 is 5.69 Å². The van der Waals surface area contributed by atoms with Crippen LogP contribution in [0.1, 0.15) is 18.7 Å². The van der Waals surface area contributed by atoms with Gasteiger partial charge in [-0.2, -0.15) is 4.98 Å². The van der Waals surface area contributed by atoms with Crippen molar-refractivity contribution in [2.75, 3.05) is 7.11 Å². The molecule has 3 aromatic heterocycles. The minimum absolute atomic E-state index is 0.303. The lowest BCUT2D eigenvalue weighted by Gasteiger charge is -2.12. The Kier molecular flexibility index (Phi) is 4.38. The molecule has 1 aromatic carbocycles. The van der Waals surface area contributed by atoms with Crippen molar-refractivity contribution in [1.82, 2.24) is 23.1 Å². The molecule has 1 atom stereocenters. The van der Waals surface area contributed by atoms with E-state index in [9.17, 15) is 9.59 Å². The predicted molar refractivity (Wildman–Crippen MR) is 113 cm³/mol. The van der Waals surface area contributed by atoms with Gasteiger partial charge in [-0.05, 0) is 32.0 Å². The fraction of sp³-hybridized carbons (Fsp3) is 0.250. The number of allylic oxidation sites excluding steroid dienone is 1. The average molecular weight is 414 g/mol. The Balaban J connectivity index is 2.18. The zero-order valence-electron chi connectivity index (χ0n) is 16.5. The van der Waals surface area contributed by atoms with E-state index >= 15 is 0 Å².